The number of hydrogen-bond acceptors (Lipinski definition) is 0. The fourth-order valence-corrected chi connectivity index (χ4v) is 7.51. The quantitative estimate of drug-likeness (QED) is 0.587. The van der Waals surface area contributed by atoms with E-state index in [9.17, 15) is 0 Å². The van der Waals surface area contributed by atoms with Crippen LogP contribution in [0, 0.1) is 11.7 Å². The van der Waals surface area contributed by atoms with Gasteiger partial charge in [0.05, 0.1) is 0 Å². The zero-order chi connectivity index (χ0) is 19.5. The van der Waals surface area contributed by atoms with Crippen molar-refractivity contribution in [1.82, 2.24) is 0 Å². The first-order chi connectivity index (χ1) is 12.5. The summed E-state index contributed by atoms with van der Waals surface area (Å²) in [5.74, 6) is 0.718. The van der Waals surface area contributed by atoms with Gasteiger partial charge in [0, 0.05) is 15.0 Å². The van der Waals surface area contributed by atoms with Crippen molar-refractivity contribution in [3.05, 3.63) is 56.0 Å². The second kappa shape index (κ2) is 5.11. The highest BCUT2D eigenvalue weighted by Gasteiger charge is 2.50. The average Bonchev–Trinajstić information content (AvgIpc) is 3.08. The Labute approximate surface area is 166 Å². The Morgan fingerprint density at radius 1 is 0.889 bits per heavy atom. The van der Waals surface area contributed by atoms with Crippen LogP contribution in [0.25, 0.3) is 16.7 Å². The first-order valence-corrected chi connectivity index (χ1v) is 11.9. The van der Waals surface area contributed by atoms with Gasteiger partial charge in [-0.2, -0.15) is 0 Å². The lowest BCUT2D eigenvalue weighted by atomic mass is 9.78. The lowest BCUT2D eigenvalue weighted by Crippen LogP contribution is -2.17. The summed E-state index contributed by atoms with van der Waals surface area (Å²) in [4.78, 5) is 1.76. The van der Waals surface area contributed by atoms with Crippen molar-refractivity contribution < 1.29 is 0 Å². The molecule has 6 rings (SSSR count). The van der Waals surface area contributed by atoms with Gasteiger partial charge in [0.25, 0.3) is 0 Å². The van der Waals surface area contributed by atoms with Crippen LogP contribution in [0.5, 0.6) is 0 Å². The zero-order valence-corrected chi connectivity index (χ0v) is 19.3. The van der Waals surface area contributed by atoms with Gasteiger partial charge in [0.15, 0.2) is 0 Å². The summed E-state index contributed by atoms with van der Waals surface area (Å²) in [6.45, 7) is 18.9. The summed E-state index contributed by atoms with van der Waals surface area (Å²) in [6.07, 6.45) is 1.32. The normalized spacial score (nSPS) is 21.7. The number of hydrogen-bond donors (Lipinski definition) is 0. The van der Waals surface area contributed by atoms with Gasteiger partial charge in [-0.25, -0.2) is 0 Å². The Morgan fingerprint density at radius 3 is 2.00 bits per heavy atom. The molecule has 0 saturated heterocycles. The Morgan fingerprint density at radius 2 is 1.48 bits per heavy atom. The van der Waals surface area contributed by atoms with E-state index in [1.165, 1.54) is 23.1 Å². The molecular formula is C26H32Si. The third-order valence-corrected chi connectivity index (χ3v) is 9.43. The van der Waals surface area contributed by atoms with Crippen molar-refractivity contribution in [2.45, 2.75) is 84.1 Å². The van der Waals surface area contributed by atoms with E-state index in [2.05, 4.69) is 73.6 Å². The summed E-state index contributed by atoms with van der Waals surface area (Å²) in [5, 5.41) is 1.70. The highest BCUT2D eigenvalue weighted by Crippen LogP contribution is 2.62. The Hall–Kier alpha value is -1.47. The first kappa shape index (κ1) is 17.6. The molecular weight excluding hydrogens is 340 g/mol. The summed E-state index contributed by atoms with van der Waals surface area (Å²) in [5.41, 5.74) is 14.2. The van der Waals surface area contributed by atoms with Crippen LogP contribution in [-0.4, -0.2) is 9.13 Å². The van der Waals surface area contributed by atoms with Gasteiger partial charge < -0.3 is 0 Å². The monoisotopic (exact) mass is 372 g/mol. The van der Waals surface area contributed by atoms with Crippen LogP contribution in [-0.2, 0) is 10.8 Å². The molecule has 0 amide bonds. The van der Waals surface area contributed by atoms with Gasteiger partial charge in [0.1, 0.15) is 0 Å². The fraction of sp³-hybridized carbons (Fsp3) is 0.500. The van der Waals surface area contributed by atoms with Crippen LogP contribution < -0.4 is 5.22 Å². The minimum atomic E-state index is 0.179. The van der Waals surface area contributed by atoms with E-state index in [4.69, 9.17) is 0 Å². The van der Waals surface area contributed by atoms with Crippen LogP contribution in [0.3, 0.4) is 0 Å². The molecule has 0 aromatic heterocycles. The maximum atomic E-state index is 2.51. The molecule has 140 valence electrons. The first-order valence-electron chi connectivity index (χ1n) is 10.6. The molecule has 1 heteroatoms. The van der Waals surface area contributed by atoms with Gasteiger partial charge in [-0.15, -0.1) is 0 Å². The molecule has 0 fully saturated rings. The standard InChI is InChI=1S/C26H32Si/c1-9-17-20-22-18-13(2)24(27-17)23(20)19(21(18)22)14-10-15(25(3,4)5)12-16(11-14)26(6,7)8/h10-12,17,22,27H,9H2,1-8H3. The fourth-order valence-electron chi connectivity index (χ4n) is 5.45. The molecule has 0 radical (unpaired) electrons. The minimum Gasteiger partial charge on any atom is -0.0648 e. The van der Waals surface area contributed by atoms with Crippen molar-refractivity contribution in [1.29, 1.82) is 0 Å². The lowest BCUT2D eigenvalue weighted by Gasteiger charge is -2.26. The van der Waals surface area contributed by atoms with Crippen molar-refractivity contribution >= 4 is 14.7 Å². The molecule has 2 aromatic rings. The molecule has 0 nitrogen and oxygen atoms in total. The predicted molar refractivity (Wildman–Crippen MR) is 119 cm³/mol. The topological polar surface area (TPSA) is 0 Å². The van der Waals surface area contributed by atoms with Crippen LogP contribution in [0.15, 0.2) is 18.2 Å². The van der Waals surface area contributed by atoms with E-state index < -0.39 is 0 Å². The maximum Gasteiger partial charge on any atom is 0.0326 e. The summed E-state index contributed by atoms with van der Waals surface area (Å²) >= 11 is 0. The van der Waals surface area contributed by atoms with Gasteiger partial charge >= 0.3 is 0 Å². The Bertz CT molecular complexity index is 1100. The zero-order valence-electron chi connectivity index (χ0n) is 18.2. The second-order valence-corrected chi connectivity index (χ2v) is 12.7. The average molecular weight is 373 g/mol. The predicted octanol–water partition coefficient (Wildman–Crippen LogP) is 5.77. The molecule has 27 heavy (non-hydrogen) atoms. The van der Waals surface area contributed by atoms with Crippen LogP contribution >= 0.6 is 0 Å². The van der Waals surface area contributed by atoms with E-state index in [1.807, 2.05) is 5.57 Å². The molecule has 1 aliphatic heterocycles. The molecule has 4 aliphatic rings. The van der Waals surface area contributed by atoms with Crippen molar-refractivity contribution in [2.24, 2.45) is 0 Å². The van der Waals surface area contributed by atoms with Gasteiger partial charge in [0.2, 0.25) is 0 Å². The molecule has 0 N–H and O–H groups in total. The molecule has 3 aliphatic carbocycles. The molecule has 1 heterocycles. The Balaban J connectivity index is 1.82. The molecule has 2 atom stereocenters. The van der Waals surface area contributed by atoms with Crippen molar-refractivity contribution in [3.8, 4) is 11.1 Å². The van der Waals surface area contributed by atoms with Crippen molar-refractivity contribution in [2.75, 3.05) is 0 Å². The minimum absolute atomic E-state index is 0.179. The second-order valence-electron chi connectivity index (χ2n) is 11.0. The van der Waals surface area contributed by atoms with E-state index in [-0.39, 0.29) is 10.8 Å². The van der Waals surface area contributed by atoms with Gasteiger partial charge in [-0.1, -0.05) is 66.7 Å². The van der Waals surface area contributed by atoms with Crippen molar-refractivity contribution in [3.63, 3.8) is 0 Å². The highest BCUT2D eigenvalue weighted by atomic mass is 28.2. The van der Waals surface area contributed by atoms with Crippen LogP contribution in [0.4, 0.5) is 0 Å². The lowest BCUT2D eigenvalue weighted by molar-refractivity contribution is 0.569. The van der Waals surface area contributed by atoms with Gasteiger partial charge in [-0.05, 0) is 84.3 Å². The summed E-state index contributed by atoms with van der Waals surface area (Å²) < 4.78 is 0. The summed E-state index contributed by atoms with van der Waals surface area (Å²) in [7, 11) is 0.435. The number of benzene rings is 2. The maximum absolute atomic E-state index is 2.51. The Kier molecular flexibility index (Phi) is 3.34. The summed E-state index contributed by atoms with van der Waals surface area (Å²) in [6, 6.07) is 7.47. The smallest absolute Gasteiger partial charge is 0.0326 e. The molecule has 6 bridgehead atoms. The molecule has 0 saturated carbocycles. The third-order valence-electron chi connectivity index (χ3n) is 7.14. The largest absolute Gasteiger partial charge is 0.0648 e. The highest BCUT2D eigenvalue weighted by molar-refractivity contribution is 6.37. The van der Waals surface area contributed by atoms with Gasteiger partial charge in [-0.3, -0.25) is 0 Å². The van der Waals surface area contributed by atoms with E-state index >= 15 is 0 Å². The molecule has 2 unspecified atom stereocenters. The van der Waals surface area contributed by atoms with Crippen LogP contribution in [0.1, 0.15) is 88.6 Å². The van der Waals surface area contributed by atoms with E-state index in [0.717, 1.165) is 11.5 Å². The van der Waals surface area contributed by atoms with E-state index in [0.29, 0.717) is 9.13 Å². The third kappa shape index (κ3) is 2.24. The van der Waals surface area contributed by atoms with E-state index in [1.54, 1.807) is 32.3 Å². The molecule has 0 spiro atoms. The molecule has 2 aromatic carbocycles. The SMILES string of the molecule is CCC1[SiH]=c2c(C)c3c4c(-c5cc(C(C)(C)C)cc(C(C)(C)C)c5)c2=C1C34. The number of rotatable bonds is 2. The van der Waals surface area contributed by atoms with Crippen LogP contribution in [0.2, 0.25) is 5.54 Å².